The first-order chi connectivity index (χ1) is 9.54. The highest BCUT2D eigenvalue weighted by Gasteiger charge is 2.25. The molecule has 20 heavy (non-hydrogen) atoms. The van der Waals surface area contributed by atoms with Crippen LogP contribution in [0.15, 0.2) is 39.4 Å². The number of hydrogen-bond acceptors (Lipinski definition) is 5. The minimum Gasteiger partial charge on any atom is -0.303 e. The molecule has 1 aliphatic heterocycles. The first-order valence-electron chi connectivity index (χ1n) is 6.01. The molecule has 1 aromatic rings. The highest BCUT2D eigenvalue weighted by molar-refractivity contribution is 8.15. The molecule has 1 amide bonds. The van der Waals surface area contributed by atoms with E-state index in [2.05, 4.69) is 15.5 Å². The lowest BCUT2D eigenvalue weighted by Crippen LogP contribution is -2.23. The molecule has 1 N–H and O–H groups in total. The first kappa shape index (κ1) is 15.4. The van der Waals surface area contributed by atoms with E-state index < -0.39 is 0 Å². The maximum atomic E-state index is 11.3. The van der Waals surface area contributed by atoms with E-state index in [0.29, 0.717) is 5.17 Å². The SMILES string of the molecule is C/C(CSc1ccc(Cl)cc1)=N\N=C1\NC(=O)C(C)S1. The van der Waals surface area contributed by atoms with Gasteiger partial charge in [0.15, 0.2) is 5.17 Å². The van der Waals surface area contributed by atoms with Gasteiger partial charge in [-0.15, -0.1) is 16.9 Å². The number of carbonyl (C=O) groups is 1. The topological polar surface area (TPSA) is 53.8 Å². The molecule has 0 aromatic heterocycles. The average Bonchev–Trinajstić information content (AvgIpc) is 2.75. The van der Waals surface area contributed by atoms with Crippen LogP contribution in [0.4, 0.5) is 0 Å². The van der Waals surface area contributed by atoms with Crippen molar-refractivity contribution in [1.29, 1.82) is 0 Å². The molecule has 106 valence electrons. The van der Waals surface area contributed by atoms with Crippen molar-refractivity contribution in [2.45, 2.75) is 24.0 Å². The summed E-state index contributed by atoms with van der Waals surface area (Å²) in [6.07, 6.45) is 0. The van der Waals surface area contributed by atoms with Crippen LogP contribution in [0.5, 0.6) is 0 Å². The largest absolute Gasteiger partial charge is 0.303 e. The summed E-state index contributed by atoms with van der Waals surface area (Å²) < 4.78 is 0. The minimum absolute atomic E-state index is 0.0165. The Bertz CT molecular complexity index is 557. The van der Waals surface area contributed by atoms with Crippen molar-refractivity contribution in [2.75, 3.05) is 5.75 Å². The predicted molar refractivity (Wildman–Crippen MR) is 87.9 cm³/mol. The number of benzene rings is 1. The minimum atomic E-state index is -0.0901. The Kier molecular flexibility index (Phi) is 5.51. The van der Waals surface area contributed by atoms with E-state index >= 15 is 0 Å². The number of amidine groups is 1. The standard InChI is InChI=1S/C13H14ClN3OS2/c1-8(7-19-11-5-3-10(14)4-6-11)16-17-13-15-12(18)9(2)20-13/h3-6,9H,7H2,1-2H3,(H,15,17,18)/b16-8+. The Morgan fingerprint density at radius 1 is 1.45 bits per heavy atom. The summed E-state index contributed by atoms with van der Waals surface area (Å²) in [5.41, 5.74) is 0.895. The molecule has 1 heterocycles. The van der Waals surface area contributed by atoms with Crippen LogP contribution in [0.3, 0.4) is 0 Å². The van der Waals surface area contributed by atoms with E-state index in [1.165, 1.54) is 11.8 Å². The quantitative estimate of drug-likeness (QED) is 0.524. The smallest absolute Gasteiger partial charge is 0.239 e. The zero-order valence-electron chi connectivity index (χ0n) is 11.1. The highest BCUT2D eigenvalue weighted by Crippen LogP contribution is 2.21. The second-order valence-electron chi connectivity index (χ2n) is 4.23. The fourth-order valence-electron chi connectivity index (χ4n) is 1.38. The van der Waals surface area contributed by atoms with Gasteiger partial charge in [0.05, 0.1) is 5.25 Å². The summed E-state index contributed by atoms with van der Waals surface area (Å²) in [6, 6.07) is 7.67. The third kappa shape index (κ3) is 4.54. The van der Waals surface area contributed by atoms with Crippen LogP contribution in [0, 0.1) is 0 Å². The number of nitrogens with zero attached hydrogens (tertiary/aromatic N) is 2. The molecule has 4 nitrogen and oxygen atoms in total. The van der Waals surface area contributed by atoms with Crippen molar-refractivity contribution in [3.8, 4) is 0 Å². The summed E-state index contributed by atoms with van der Waals surface area (Å²) in [5.74, 6) is 0.726. The van der Waals surface area contributed by atoms with E-state index in [4.69, 9.17) is 11.6 Å². The van der Waals surface area contributed by atoms with Gasteiger partial charge in [-0.3, -0.25) is 4.79 Å². The van der Waals surface area contributed by atoms with Crippen LogP contribution in [-0.2, 0) is 4.79 Å². The average molecular weight is 328 g/mol. The van der Waals surface area contributed by atoms with Crippen LogP contribution in [0.2, 0.25) is 5.02 Å². The van der Waals surface area contributed by atoms with Crippen molar-refractivity contribution in [3.63, 3.8) is 0 Å². The fourth-order valence-corrected chi connectivity index (χ4v) is 3.02. The highest BCUT2D eigenvalue weighted by atomic mass is 35.5. The number of rotatable bonds is 4. The van der Waals surface area contributed by atoms with Crippen molar-refractivity contribution < 1.29 is 4.79 Å². The van der Waals surface area contributed by atoms with Gasteiger partial charge in [0.2, 0.25) is 5.91 Å². The van der Waals surface area contributed by atoms with Crippen LogP contribution >= 0.6 is 35.1 Å². The van der Waals surface area contributed by atoms with E-state index in [0.717, 1.165) is 21.4 Å². The molecule has 1 fully saturated rings. The molecule has 1 saturated heterocycles. The Hall–Kier alpha value is -0.980. The summed E-state index contributed by atoms with van der Waals surface area (Å²) in [4.78, 5) is 12.4. The Labute approximate surface area is 131 Å². The lowest BCUT2D eigenvalue weighted by Gasteiger charge is -2.00. The molecule has 1 atom stereocenters. The Morgan fingerprint density at radius 3 is 2.75 bits per heavy atom. The van der Waals surface area contributed by atoms with Gasteiger partial charge in [0.1, 0.15) is 0 Å². The van der Waals surface area contributed by atoms with Gasteiger partial charge in [0.25, 0.3) is 0 Å². The van der Waals surface area contributed by atoms with Crippen LogP contribution < -0.4 is 5.32 Å². The second-order valence-corrected chi connectivity index (χ2v) is 7.05. The van der Waals surface area contributed by atoms with Crippen molar-refractivity contribution in [1.82, 2.24) is 5.32 Å². The zero-order chi connectivity index (χ0) is 14.5. The second kappa shape index (κ2) is 7.15. The van der Waals surface area contributed by atoms with Gasteiger partial charge in [-0.05, 0) is 38.1 Å². The van der Waals surface area contributed by atoms with E-state index in [1.807, 2.05) is 38.1 Å². The lowest BCUT2D eigenvalue weighted by molar-refractivity contribution is -0.118. The third-order valence-corrected chi connectivity index (χ3v) is 4.85. The molecule has 0 bridgehead atoms. The van der Waals surface area contributed by atoms with Gasteiger partial charge in [-0.25, -0.2) is 0 Å². The number of amides is 1. The Balaban J connectivity index is 1.87. The number of hydrogen-bond donors (Lipinski definition) is 1. The summed E-state index contributed by atoms with van der Waals surface area (Å²) in [6.45, 7) is 3.76. The van der Waals surface area contributed by atoms with E-state index in [-0.39, 0.29) is 11.2 Å². The normalized spacial score (nSPS) is 21.4. The molecule has 0 spiro atoms. The van der Waals surface area contributed by atoms with Crippen LogP contribution in [0.25, 0.3) is 0 Å². The summed E-state index contributed by atoms with van der Waals surface area (Å²) in [7, 11) is 0. The third-order valence-electron chi connectivity index (χ3n) is 2.46. The lowest BCUT2D eigenvalue weighted by atomic mass is 10.4. The molecule has 1 aliphatic rings. The van der Waals surface area contributed by atoms with Gasteiger partial charge < -0.3 is 5.32 Å². The molecule has 7 heteroatoms. The molecule has 1 unspecified atom stereocenters. The number of nitrogens with one attached hydrogen (secondary N) is 1. The van der Waals surface area contributed by atoms with Crippen molar-refractivity contribution in [2.24, 2.45) is 10.2 Å². The van der Waals surface area contributed by atoms with Gasteiger partial charge in [-0.2, -0.15) is 5.10 Å². The van der Waals surface area contributed by atoms with Crippen molar-refractivity contribution >= 4 is 51.9 Å². The molecule has 2 rings (SSSR count). The molecule has 0 radical (unpaired) electrons. The molecule has 0 saturated carbocycles. The van der Waals surface area contributed by atoms with Gasteiger partial charge >= 0.3 is 0 Å². The predicted octanol–water partition coefficient (Wildman–Crippen LogP) is 3.42. The van der Waals surface area contributed by atoms with Gasteiger partial charge in [0, 0.05) is 21.4 Å². The van der Waals surface area contributed by atoms with E-state index in [1.54, 1.807) is 11.8 Å². The Morgan fingerprint density at radius 2 is 2.15 bits per heavy atom. The maximum absolute atomic E-state index is 11.3. The maximum Gasteiger partial charge on any atom is 0.239 e. The molecule has 0 aliphatic carbocycles. The number of thioether (sulfide) groups is 2. The van der Waals surface area contributed by atoms with E-state index in [9.17, 15) is 4.79 Å². The van der Waals surface area contributed by atoms with Crippen molar-refractivity contribution in [3.05, 3.63) is 29.3 Å². The number of carbonyl (C=O) groups excluding carboxylic acids is 1. The molecular weight excluding hydrogens is 314 g/mol. The number of halogens is 1. The molecular formula is C13H14ClN3OS2. The monoisotopic (exact) mass is 327 g/mol. The summed E-state index contributed by atoms with van der Waals surface area (Å²) in [5, 5.41) is 12.1. The van der Waals surface area contributed by atoms with Crippen LogP contribution in [0.1, 0.15) is 13.8 Å². The van der Waals surface area contributed by atoms with Crippen LogP contribution in [-0.4, -0.2) is 27.8 Å². The van der Waals surface area contributed by atoms with Gasteiger partial charge in [-0.1, -0.05) is 23.4 Å². The zero-order valence-corrected chi connectivity index (χ0v) is 13.5. The summed E-state index contributed by atoms with van der Waals surface area (Å²) >= 11 is 8.89. The first-order valence-corrected chi connectivity index (χ1v) is 8.26. The fraction of sp³-hybridized carbons (Fsp3) is 0.308. The molecule has 1 aromatic carbocycles.